The Balaban J connectivity index is 2.85. The van der Waals surface area contributed by atoms with E-state index >= 15 is 0 Å². The van der Waals surface area contributed by atoms with Crippen molar-refractivity contribution in [1.82, 2.24) is 0 Å². The number of aliphatic hydroxyl groups excluding tert-OH is 1. The van der Waals surface area contributed by atoms with Gasteiger partial charge in [-0.25, -0.2) is 4.39 Å². The molecular weight excluding hydrogens is 257 g/mol. The zero-order valence-electron chi connectivity index (χ0n) is 10.1. The van der Waals surface area contributed by atoms with Gasteiger partial charge in [-0.3, -0.25) is 4.79 Å². The van der Waals surface area contributed by atoms with E-state index in [0.717, 1.165) is 24.3 Å². The molecule has 0 unspecified atom stereocenters. The van der Waals surface area contributed by atoms with E-state index in [2.05, 4.69) is 6.58 Å². The fourth-order valence-electron chi connectivity index (χ4n) is 1.34. The Labute approximate surface area is 108 Å². The van der Waals surface area contributed by atoms with Crippen LogP contribution in [0, 0.1) is 5.82 Å². The first-order valence-corrected chi connectivity index (χ1v) is 5.56. The van der Waals surface area contributed by atoms with Crippen LogP contribution >= 0.6 is 0 Å². The predicted octanol–water partition coefficient (Wildman–Crippen LogP) is 4.05. The largest absolute Gasteiger partial charge is 0.506 e. The van der Waals surface area contributed by atoms with Gasteiger partial charge in [0.25, 0.3) is 0 Å². The molecule has 19 heavy (non-hydrogen) atoms. The standard InChI is InChI=1S/C14H13F3O2/c1-2-3-8-14(16,17)13(19)9-12(18)10-4-6-11(15)7-5-10/h2,4-7,9,19H,1,3,8H2/b13-9-. The molecule has 0 saturated heterocycles. The molecule has 5 heteroatoms. The first-order chi connectivity index (χ1) is 8.86. The second-order valence-corrected chi connectivity index (χ2v) is 3.93. The van der Waals surface area contributed by atoms with Crippen LogP contribution in [0.25, 0.3) is 0 Å². The van der Waals surface area contributed by atoms with E-state index in [4.69, 9.17) is 0 Å². The average molecular weight is 270 g/mol. The van der Waals surface area contributed by atoms with Gasteiger partial charge in [-0.15, -0.1) is 6.58 Å². The molecule has 0 spiro atoms. The van der Waals surface area contributed by atoms with Crippen LogP contribution in [0.5, 0.6) is 0 Å². The van der Waals surface area contributed by atoms with E-state index < -0.39 is 29.7 Å². The fourth-order valence-corrected chi connectivity index (χ4v) is 1.34. The van der Waals surface area contributed by atoms with Crippen LogP contribution in [-0.4, -0.2) is 16.8 Å². The van der Waals surface area contributed by atoms with Crippen LogP contribution in [0.15, 0.2) is 48.8 Å². The lowest BCUT2D eigenvalue weighted by atomic mass is 10.1. The number of carbonyl (C=O) groups is 1. The molecule has 102 valence electrons. The van der Waals surface area contributed by atoms with E-state index in [9.17, 15) is 23.1 Å². The maximum absolute atomic E-state index is 13.4. The van der Waals surface area contributed by atoms with Crippen LogP contribution < -0.4 is 0 Å². The second kappa shape index (κ2) is 6.22. The van der Waals surface area contributed by atoms with Crippen LogP contribution in [-0.2, 0) is 0 Å². The van der Waals surface area contributed by atoms with Crippen molar-refractivity contribution < 1.29 is 23.1 Å². The number of alkyl halides is 2. The Kier molecular flexibility index (Phi) is 4.92. The maximum atomic E-state index is 13.4. The number of ketones is 1. The SMILES string of the molecule is C=CCCC(F)(F)/C(O)=C/C(=O)c1ccc(F)cc1. The summed E-state index contributed by atoms with van der Waals surface area (Å²) in [6, 6.07) is 4.38. The molecule has 0 atom stereocenters. The molecule has 0 heterocycles. The molecule has 0 bridgehead atoms. The minimum atomic E-state index is -3.48. The molecule has 0 aliphatic heterocycles. The Bertz CT molecular complexity index is 490. The summed E-state index contributed by atoms with van der Waals surface area (Å²) in [5.41, 5.74) is 0.0208. The van der Waals surface area contributed by atoms with Crippen LogP contribution in [0.1, 0.15) is 23.2 Å². The molecule has 0 fully saturated rings. The Morgan fingerprint density at radius 3 is 2.42 bits per heavy atom. The summed E-state index contributed by atoms with van der Waals surface area (Å²) in [4.78, 5) is 11.6. The molecule has 0 aromatic heterocycles. The van der Waals surface area contributed by atoms with Crippen molar-refractivity contribution in [2.75, 3.05) is 0 Å². The fraction of sp³-hybridized carbons (Fsp3) is 0.214. The van der Waals surface area contributed by atoms with Gasteiger partial charge in [-0.2, -0.15) is 8.78 Å². The molecule has 0 aliphatic carbocycles. The van der Waals surface area contributed by atoms with E-state index in [1.54, 1.807) is 0 Å². The zero-order valence-corrected chi connectivity index (χ0v) is 10.1. The minimum absolute atomic E-state index is 0.00956. The predicted molar refractivity (Wildman–Crippen MR) is 65.8 cm³/mol. The summed E-state index contributed by atoms with van der Waals surface area (Å²) >= 11 is 0. The molecule has 0 saturated carbocycles. The third-order valence-electron chi connectivity index (χ3n) is 2.43. The topological polar surface area (TPSA) is 37.3 Å². The van der Waals surface area contributed by atoms with Gasteiger partial charge >= 0.3 is 5.92 Å². The highest BCUT2D eigenvalue weighted by Crippen LogP contribution is 2.28. The van der Waals surface area contributed by atoms with E-state index in [1.807, 2.05) is 0 Å². The average Bonchev–Trinajstić information content (AvgIpc) is 2.37. The first kappa shape index (κ1) is 15.0. The Morgan fingerprint density at radius 1 is 1.32 bits per heavy atom. The number of hydrogen-bond acceptors (Lipinski definition) is 2. The van der Waals surface area contributed by atoms with Gasteiger partial charge < -0.3 is 5.11 Å². The van der Waals surface area contributed by atoms with Gasteiger partial charge in [0.1, 0.15) is 5.82 Å². The summed E-state index contributed by atoms with van der Waals surface area (Å²) in [6.45, 7) is 3.30. The maximum Gasteiger partial charge on any atom is 0.304 e. The van der Waals surface area contributed by atoms with Gasteiger partial charge in [0.2, 0.25) is 0 Å². The zero-order chi connectivity index (χ0) is 14.5. The van der Waals surface area contributed by atoms with Crippen LogP contribution in [0.3, 0.4) is 0 Å². The minimum Gasteiger partial charge on any atom is -0.506 e. The summed E-state index contributed by atoms with van der Waals surface area (Å²) < 4.78 is 39.4. The van der Waals surface area contributed by atoms with E-state index in [0.29, 0.717) is 6.08 Å². The summed E-state index contributed by atoms with van der Waals surface area (Å²) in [5.74, 6) is -6.13. The monoisotopic (exact) mass is 270 g/mol. The van der Waals surface area contributed by atoms with Crippen molar-refractivity contribution in [2.45, 2.75) is 18.8 Å². The lowest BCUT2D eigenvalue weighted by Gasteiger charge is -2.14. The number of halogens is 3. The third-order valence-corrected chi connectivity index (χ3v) is 2.43. The van der Waals surface area contributed by atoms with Crippen LogP contribution in [0.2, 0.25) is 0 Å². The second-order valence-electron chi connectivity index (χ2n) is 3.93. The normalized spacial score (nSPS) is 12.3. The summed E-state index contributed by atoms with van der Waals surface area (Å²) in [5, 5.41) is 9.27. The smallest absolute Gasteiger partial charge is 0.304 e. The number of carbonyl (C=O) groups excluding carboxylic acids is 1. The molecule has 1 rings (SSSR count). The molecule has 0 radical (unpaired) electrons. The van der Waals surface area contributed by atoms with Crippen molar-refractivity contribution in [3.63, 3.8) is 0 Å². The van der Waals surface area contributed by atoms with Gasteiger partial charge in [-0.1, -0.05) is 6.08 Å². The highest BCUT2D eigenvalue weighted by molar-refractivity contribution is 6.04. The van der Waals surface area contributed by atoms with Gasteiger partial charge in [0.05, 0.1) is 0 Å². The van der Waals surface area contributed by atoms with E-state index in [1.165, 1.54) is 6.08 Å². The molecular formula is C14H13F3O2. The highest BCUT2D eigenvalue weighted by Gasteiger charge is 2.33. The lowest BCUT2D eigenvalue weighted by Crippen LogP contribution is -2.20. The van der Waals surface area contributed by atoms with Crippen molar-refractivity contribution in [1.29, 1.82) is 0 Å². The van der Waals surface area contributed by atoms with Crippen molar-refractivity contribution >= 4 is 5.78 Å². The molecule has 0 aliphatic rings. The van der Waals surface area contributed by atoms with Crippen molar-refractivity contribution in [2.24, 2.45) is 0 Å². The van der Waals surface area contributed by atoms with Gasteiger partial charge in [0.15, 0.2) is 11.5 Å². The Morgan fingerprint density at radius 2 is 1.89 bits per heavy atom. The molecule has 1 aromatic carbocycles. The highest BCUT2D eigenvalue weighted by atomic mass is 19.3. The first-order valence-electron chi connectivity index (χ1n) is 5.56. The summed E-state index contributed by atoms with van der Waals surface area (Å²) in [6.07, 6.45) is 1.13. The lowest BCUT2D eigenvalue weighted by molar-refractivity contribution is -0.00752. The van der Waals surface area contributed by atoms with Gasteiger partial charge in [-0.05, 0) is 30.7 Å². The van der Waals surface area contributed by atoms with E-state index in [-0.39, 0.29) is 12.0 Å². The molecule has 0 amide bonds. The number of benzene rings is 1. The number of aliphatic hydroxyl groups is 1. The van der Waals surface area contributed by atoms with Gasteiger partial charge in [0, 0.05) is 18.1 Å². The number of allylic oxidation sites excluding steroid dienone is 3. The molecule has 2 nitrogen and oxygen atoms in total. The quantitative estimate of drug-likeness (QED) is 0.366. The third kappa shape index (κ3) is 4.28. The van der Waals surface area contributed by atoms with Crippen molar-refractivity contribution in [3.8, 4) is 0 Å². The summed E-state index contributed by atoms with van der Waals surface area (Å²) in [7, 11) is 0. The number of rotatable bonds is 6. The number of hydrogen-bond donors (Lipinski definition) is 1. The van der Waals surface area contributed by atoms with Crippen molar-refractivity contribution in [3.05, 3.63) is 60.1 Å². The Hall–Kier alpha value is -2.04. The molecule has 1 aromatic rings. The van der Waals surface area contributed by atoms with Crippen LogP contribution in [0.4, 0.5) is 13.2 Å². The molecule has 1 N–H and O–H groups in total.